The van der Waals surface area contributed by atoms with E-state index in [1.54, 1.807) is 20.7 Å². The number of hydrogen-bond donors (Lipinski definition) is 1. The van der Waals surface area contributed by atoms with Crippen molar-refractivity contribution in [3.8, 4) is 16.4 Å². The molecule has 0 bridgehead atoms. The van der Waals surface area contributed by atoms with Crippen molar-refractivity contribution in [1.82, 2.24) is 24.1 Å². The van der Waals surface area contributed by atoms with Gasteiger partial charge in [-0.25, -0.2) is 4.68 Å². The highest BCUT2D eigenvalue weighted by atomic mass is 32.2. The molecule has 1 aliphatic carbocycles. The Morgan fingerprint density at radius 2 is 1.94 bits per heavy atom. The lowest BCUT2D eigenvalue weighted by Crippen LogP contribution is -2.27. The number of carbonyl (C=O) groups is 1. The zero-order valence-corrected chi connectivity index (χ0v) is 20.2. The zero-order chi connectivity index (χ0) is 23.1. The number of aromatic nitrogens is 5. The molecule has 0 spiro atoms. The van der Waals surface area contributed by atoms with E-state index in [0.29, 0.717) is 17.4 Å². The number of thioether (sulfide) groups is 1. The lowest BCUT2D eigenvalue weighted by molar-refractivity contribution is -0.115. The molecule has 1 saturated carbocycles. The van der Waals surface area contributed by atoms with Gasteiger partial charge in [0.15, 0.2) is 11.0 Å². The van der Waals surface area contributed by atoms with E-state index in [1.165, 1.54) is 11.8 Å². The second kappa shape index (κ2) is 8.68. The molecular weight excluding hydrogens is 456 g/mol. The molecule has 1 fully saturated rings. The van der Waals surface area contributed by atoms with Crippen LogP contribution in [0, 0.1) is 6.92 Å². The second-order valence-electron chi connectivity index (χ2n) is 8.07. The van der Waals surface area contributed by atoms with Crippen LogP contribution in [-0.2, 0) is 11.8 Å². The maximum atomic E-state index is 13.1. The van der Waals surface area contributed by atoms with E-state index in [2.05, 4.69) is 20.1 Å². The van der Waals surface area contributed by atoms with Gasteiger partial charge >= 0.3 is 0 Å². The van der Waals surface area contributed by atoms with Crippen LogP contribution in [0.4, 0.5) is 5.69 Å². The largest absolute Gasteiger partial charge is 0.319 e. The number of nitrogens with one attached hydrogen (secondary N) is 1. The van der Waals surface area contributed by atoms with Gasteiger partial charge in [-0.1, -0.05) is 36.0 Å². The molecule has 1 atom stereocenters. The standard InChI is InChI=1S/C23H24N6O2S2/c1-14-19(22(31)29(27(14)3)17-8-5-4-6-9-17)24-21(30)15(2)33-23-26-25-20(18-10-7-13-32-18)28(23)16-11-12-16/h4-10,13,15-16H,11-12H2,1-3H3,(H,24,30)/t15-/m0/s1. The molecule has 8 nitrogen and oxygen atoms in total. The number of hydrogen-bond acceptors (Lipinski definition) is 6. The molecule has 1 aliphatic rings. The van der Waals surface area contributed by atoms with Crippen molar-refractivity contribution >= 4 is 34.7 Å². The van der Waals surface area contributed by atoms with Crippen molar-refractivity contribution in [2.24, 2.45) is 7.05 Å². The highest BCUT2D eigenvalue weighted by Gasteiger charge is 2.32. The molecule has 5 rings (SSSR count). The van der Waals surface area contributed by atoms with Gasteiger partial charge in [-0.3, -0.25) is 18.8 Å². The van der Waals surface area contributed by atoms with Crippen LogP contribution in [0.25, 0.3) is 16.4 Å². The highest BCUT2D eigenvalue weighted by molar-refractivity contribution is 8.00. The second-order valence-corrected chi connectivity index (χ2v) is 10.3. The Hall–Kier alpha value is -3.11. The zero-order valence-electron chi connectivity index (χ0n) is 18.6. The van der Waals surface area contributed by atoms with Gasteiger partial charge in [0.05, 0.1) is 21.5 Å². The van der Waals surface area contributed by atoms with Crippen LogP contribution in [0.2, 0.25) is 0 Å². The lowest BCUT2D eigenvalue weighted by Gasteiger charge is -2.12. The predicted octanol–water partition coefficient (Wildman–Crippen LogP) is 4.26. The number of para-hydroxylation sites is 1. The van der Waals surface area contributed by atoms with Crippen molar-refractivity contribution in [1.29, 1.82) is 0 Å². The van der Waals surface area contributed by atoms with Gasteiger partial charge in [0, 0.05) is 13.1 Å². The Balaban J connectivity index is 1.38. The number of amides is 1. The third-order valence-electron chi connectivity index (χ3n) is 5.77. The summed E-state index contributed by atoms with van der Waals surface area (Å²) in [4.78, 5) is 27.2. The van der Waals surface area contributed by atoms with Crippen LogP contribution in [0.3, 0.4) is 0 Å². The van der Waals surface area contributed by atoms with E-state index in [-0.39, 0.29) is 11.5 Å². The van der Waals surface area contributed by atoms with Crippen LogP contribution >= 0.6 is 23.1 Å². The topological polar surface area (TPSA) is 86.7 Å². The fraction of sp³-hybridized carbons (Fsp3) is 0.304. The third kappa shape index (κ3) is 4.04. The fourth-order valence-corrected chi connectivity index (χ4v) is 5.37. The van der Waals surface area contributed by atoms with Gasteiger partial charge in [0.1, 0.15) is 5.69 Å². The minimum atomic E-state index is -0.452. The number of anilines is 1. The van der Waals surface area contributed by atoms with Gasteiger partial charge in [0.2, 0.25) is 5.91 Å². The van der Waals surface area contributed by atoms with E-state index < -0.39 is 5.25 Å². The van der Waals surface area contributed by atoms with Gasteiger partial charge in [-0.05, 0) is 50.3 Å². The van der Waals surface area contributed by atoms with Crippen LogP contribution in [0.15, 0.2) is 57.8 Å². The number of carbonyl (C=O) groups excluding carboxylic acids is 1. The van der Waals surface area contributed by atoms with Gasteiger partial charge in [0.25, 0.3) is 5.56 Å². The first-order valence-electron chi connectivity index (χ1n) is 10.8. The Morgan fingerprint density at radius 1 is 1.18 bits per heavy atom. The van der Waals surface area contributed by atoms with E-state index in [4.69, 9.17) is 0 Å². The minimum Gasteiger partial charge on any atom is -0.319 e. The average molecular weight is 481 g/mol. The molecule has 10 heteroatoms. The normalized spacial score (nSPS) is 14.4. The third-order valence-corrected chi connectivity index (χ3v) is 7.69. The smallest absolute Gasteiger partial charge is 0.295 e. The fourth-order valence-electron chi connectivity index (χ4n) is 3.74. The SMILES string of the molecule is Cc1c(NC(=O)[C@H](C)Sc2nnc(-c3cccs3)n2C2CC2)c(=O)n(-c2ccccc2)n1C. The quantitative estimate of drug-likeness (QED) is 0.400. The van der Waals surface area contributed by atoms with E-state index in [0.717, 1.165) is 34.4 Å². The molecule has 3 heterocycles. The molecule has 1 amide bonds. The summed E-state index contributed by atoms with van der Waals surface area (Å²) in [5.41, 5.74) is 1.47. The Bertz CT molecular complexity index is 1350. The van der Waals surface area contributed by atoms with Gasteiger partial charge in [-0.15, -0.1) is 21.5 Å². The Labute approximate surface area is 199 Å². The maximum absolute atomic E-state index is 13.1. The maximum Gasteiger partial charge on any atom is 0.295 e. The summed E-state index contributed by atoms with van der Waals surface area (Å²) >= 11 is 3.00. The number of benzene rings is 1. The van der Waals surface area contributed by atoms with Crippen molar-refractivity contribution < 1.29 is 4.79 Å². The minimum absolute atomic E-state index is 0.242. The lowest BCUT2D eigenvalue weighted by atomic mass is 10.3. The molecule has 0 unspecified atom stereocenters. The predicted molar refractivity (Wildman–Crippen MR) is 131 cm³/mol. The summed E-state index contributed by atoms with van der Waals surface area (Å²) in [6.07, 6.45) is 2.18. The van der Waals surface area contributed by atoms with Gasteiger partial charge < -0.3 is 5.32 Å². The van der Waals surface area contributed by atoms with Crippen LogP contribution < -0.4 is 10.9 Å². The van der Waals surface area contributed by atoms with Gasteiger partial charge in [-0.2, -0.15) is 0 Å². The summed E-state index contributed by atoms with van der Waals surface area (Å²) < 4.78 is 5.46. The summed E-state index contributed by atoms with van der Waals surface area (Å²) in [6, 6.07) is 13.8. The first kappa shape index (κ1) is 21.7. The van der Waals surface area contributed by atoms with E-state index in [9.17, 15) is 9.59 Å². The first-order valence-corrected chi connectivity index (χ1v) is 12.5. The Morgan fingerprint density at radius 3 is 2.61 bits per heavy atom. The number of nitrogens with zero attached hydrogens (tertiary/aromatic N) is 5. The molecule has 0 aliphatic heterocycles. The molecule has 33 heavy (non-hydrogen) atoms. The molecule has 170 valence electrons. The molecular formula is C23H24N6O2S2. The molecule has 1 aromatic carbocycles. The molecule has 0 saturated heterocycles. The molecule has 4 aromatic rings. The van der Waals surface area contributed by atoms with Crippen molar-refractivity contribution in [2.45, 2.75) is 43.1 Å². The van der Waals surface area contributed by atoms with E-state index >= 15 is 0 Å². The van der Waals surface area contributed by atoms with Crippen LogP contribution in [-0.4, -0.2) is 35.3 Å². The van der Waals surface area contributed by atoms with Crippen LogP contribution in [0.1, 0.15) is 31.5 Å². The van der Waals surface area contributed by atoms with Crippen molar-refractivity contribution in [2.75, 3.05) is 5.32 Å². The van der Waals surface area contributed by atoms with Crippen LogP contribution in [0.5, 0.6) is 0 Å². The number of thiophene rings is 1. The van der Waals surface area contributed by atoms with Crippen molar-refractivity contribution in [3.63, 3.8) is 0 Å². The summed E-state index contributed by atoms with van der Waals surface area (Å²) in [5, 5.41) is 14.0. The average Bonchev–Trinajstić information content (AvgIpc) is 3.25. The summed E-state index contributed by atoms with van der Waals surface area (Å²) in [6.45, 7) is 3.65. The van der Waals surface area contributed by atoms with E-state index in [1.807, 2.05) is 68.7 Å². The monoisotopic (exact) mass is 480 g/mol. The highest BCUT2D eigenvalue weighted by Crippen LogP contribution is 2.42. The molecule has 0 radical (unpaired) electrons. The first-order chi connectivity index (χ1) is 16.0. The Kier molecular flexibility index (Phi) is 5.71. The number of rotatable bonds is 7. The molecule has 1 N–H and O–H groups in total. The van der Waals surface area contributed by atoms with Crippen molar-refractivity contribution in [3.05, 3.63) is 63.9 Å². The summed E-state index contributed by atoms with van der Waals surface area (Å²) in [5.74, 6) is 0.612. The summed E-state index contributed by atoms with van der Waals surface area (Å²) in [7, 11) is 1.81. The molecule has 3 aromatic heterocycles.